The summed E-state index contributed by atoms with van der Waals surface area (Å²) in [6, 6.07) is 7.45. The Kier molecular flexibility index (Phi) is 4.63. The number of thiazole rings is 1. The van der Waals surface area contributed by atoms with E-state index in [9.17, 15) is 9.59 Å². The molecule has 1 aliphatic rings. The predicted molar refractivity (Wildman–Crippen MR) is 90.1 cm³/mol. The number of benzene rings is 1. The van der Waals surface area contributed by atoms with Crippen molar-refractivity contribution in [1.82, 2.24) is 9.88 Å². The number of aromatic nitrogens is 1. The summed E-state index contributed by atoms with van der Waals surface area (Å²) in [5.74, 6) is -0.570. The van der Waals surface area contributed by atoms with Gasteiger partial charge < -0.3 is 10.6 Å². The SMILES string of the molecule is NC(=O)[C@H]1CCN(C(=O)Cc2csc(-c3ccc(Cl)cc3)n2)C1. The topological polar surface area (TPSA) is 76.3 Å². The van der Waals surface area contributed by atoms with Crippen molar-refractivity contribution in [1.29, 1.82) is 0 Å². The van der Waals surface area contributed by atoms with Gasteiger partial charge in [-0.1, -0.05) is 23.7 Å². The zero-order chi connectivity index (χ0) is 16.4. The third-order valence-electron chi connectivity index (χ3n) is 3.92. The lowest BCUT2D eigenvalue weighted by Gasteiger charge is -2.15. The summed E-state index contributed by atoms with van der Waals surface area (Å²) in [5.41, 5.74) is 7.02. The van der Waals surface area contributed by atoms with Crippen LogP contribution in [0.2, 0.25) is 5.02 Å². The summed E-state index contributed by atoms with van der Waals surface area (Å²) >= 11 is 7.38. The molecular formula is C16H16ClN3O2S. The van der Waals surface area contributed by atoms with Gasteiger partial charge in [-0.2, -0.15) is 0 Å². The first-order chi connectivity index (χ1) is 11.0. The summed E-state index contributed by atoms with van der Waals surface area (Å²) in [6.45, 7) is 1.00. The van der Waals surface area contributed by atoms with Gasteiger partial charge in [0.2, 0.25) is 11.8 Å². The van der Waals surface area contributed by atoms with Gasteiger partial charge >= 0.3 is 0 Å². The number of carbonyl (C=O) groups is 2. The predicted octanol–water partition coefficient (Wildman–Crippen LogP) is 2.34. The maximum absolute atomic E-state index is 12.3. The van der Waals surface area contributed by atoms with Crippen LogP contribution in [-0.4, -0.2) is 34.8 Å². The average molecular weight is 350 g/mol. The molecule has 7 heteroatoms. The largest absolute Gasteiger partial charge is 0.369 e. The van der Waals surface area contributed by atoms with Crippen molar-refractivity contribution in [3.63, 3.8) is 0 Å². The van der Waals surface area contributed by atoms with Gasteiger partial charge in [0.1, 0.15) is 5.01 Å². The van der Waals surface area contributed by atoms with Gasteiger partial charge in [-0.05, 0) is 18.6 Å². The van der Waals surface area contributed by atoms with Crippen molar-refractivity contribution >= 4 is 34.8 Å². The van der Waals surface area contributed by atoms with Crippen LogP contribution in [0.1, 0.15) is 12.1 Å². The molecule has 1 aliphatic heterocycles. The Bertz CT molecular complexity index is 729. The van der Waals surface area contributed by atoms with Crippen LogP contribution in [0.3, 0.4) is 0 Å². The first-order valence-corrected chi connectivity index (χ1v) is 8.56. The van der Waals surface area contributed by atoms with Gasteiger partial charge in [-0.25, -0.2) is 4.98 Å². The molecule has 2 amide bonds. The maximum atomic E-state index is 12.3. The summed E-state index contributed by atoms with van der Waals surface area (Å²) in [5, 5.41) is 3.43. The number of nitrogens with zero attached hydrogens (tertiary/aromatic N) is 2. The fourth-order valence-electron chi connectivity index (χ4n) is 2.60. The van der Waals surface area contributed by atoms with E-state index in [-0.39, 0.29) is 24.2 Å². The molecule has 120 valence electrons. The van der Waals surface area contributed by atoms with Crippen LogP contribution in [0.15, 0.2) is 29.6 Å². The van der Waals surface area contributed by atoms with Crippen LogP contribution in [-0.2, 0) is 16.0 Å². The highest BCUT2D eigenvalue weighted by atomic mass is 35.5. The number of hydrogen-bond acceptors (Lipinski definition) is 4. The van der Waals surface area contributed by atoms with Gasteiger partial charge in [0.15, 0.2) is 0 Å². The highest BCUT2D eigenvalue weighted by Gasteiger charge is 2.29. The molecule has 5 nitrogen and oxygen atoms in total. The fraction of sp³-hybridized carbons (Fsp3) is 0.312. The number of primary amides is 1. The molecule has 1 fully saturated rings. The van der Waals surface area contributed by atoms with Gasteiger partial charge in [-0.3, -0.25) is 9.59 Å². The highest BCUT2D eigenvalue weighted by molar-refractivity contribution is 7.13. The fourth-order valence-corrected chi connectivity index (χ4v) is 3.55. The molecule has 0 radical (unpaired) electrons. The molecule has 2 heterocycles. The van der Waals surface area contributed by atoms with E-state index in [1.54, 1.807) is 4.90 Å². The molecule has 0 spiro atoms. The summed E-state index contributed by atoms with van der Waals surface area (Å²) < 4.78 is 0. The normalized spacial score (nSPS) is 17.4. The van der Waals surface area contributed by atoms with Crippen LogP contribution in [0.25, 0.3) is 10.6 Å². The number of nitrogens with two attached hydrogens (primary N) is 1. The molecule has 0 aliphatic carbocycles. The number of rotatable bonds is 4. The minimum absolute atomic E-state index is 0.0123. The Morgan fingerprint density at radius 3 is 2.74 bits per heavy atom. The molecule has 2 aromatic rings. The van der Waals surface area contributed by atoms with E-state index >= 15 is 0 Å². The molecular weight excluding hydrogens is 334 g/mol. The smallest absolute Gasteiger partial charge is 0.228 e. The Morgan fingerprint density at radius 1 is 1.35 bits per heavy atom. The van der Waals surface area contributed by atoms with E-state index in [1.165, 1.54) is 11.3 Å². The Labute approximate surface area is 143 Å². The van der Waals surface area contributed by atoms with E-state index in [0.29, 0.717) is 24.5 Å². The second-order valence-electron chi connectivity index (χ2n) is 5.56. The molecule has 0 bridgehead atoms. The Balaban J connectivity index is 1.64. The molecule has 1 saturated heterocycles. The van der Waals surface area contributed by atoms with Crippen LogP contribution >= 0.6 is 22.9 Å². The molecule has 1 aromatic heterocycles. The molecule has 0 saturated carbocycles. The second kappa shape index (κ2) is 6.68. The van der Waals surface area contributed by atoms with E-state index in [4.69, 9.17) is 17.3 Å². The number of halogens is 1. The Hall–Kier alpha value is -1.92. The van der Waals surface area contributed by atoms with Crippen molar-refractivity contribution < 1.29 is 9.59 Å². The standard InChI is InChI=1S/C16H16ClN3O2S/c17-12-3-1-10(2-4-12)16-19-13(9-23-16)7-14(21)20-6-5-11(8-20)15(18)22/h1-4,9,11H,5-8H2,(H2,18,22)/t11-/m0/s1. The Morgan fingerprint density at radius 2 is 2.09 bits per heavy atom. The zero-order valence-electron chi connectivity index (χ0n) is 12.4. The van der Waals surface area contributed by atoms with E-state index in [1.807, 2.05) is 29.6 Å². The molecule has 0 unspecified atom stereocenters. The lowest BCUT2D eigenvalue weighted by atomic mass is 10.1. The van der Waals surface area contributed by atoms with E-state index in [2.05, 4.69) is 4.98 Å². The van der Waals surface area contributed by atoms with Gasteiger partial charge in [0.05, 0.1) is 18.0 Å². The monoisotopic (exact) mass is 349 g/mol. The van der Waals surface area contributed by atoms with Crippen molar-refractivity contribution in [3.05, 3.63) is 40.4 Å². The van der Waals surface area contributed by atoms with Crippen LogP contribution in [0.4, 0.5) is 0 Å². The van der Waals surface area contributed by atoms with Gasteiger partial charge in [0, 0.05) is 29.1 Å². The van der Waals surface area contributed by atoms with Crippen molar-refractivity contribution in [3.8, 4) is 10.6 Å². The molecule has 23 heavy (non-hydrogen) atoms. The lowest BCUT2D eigenvalue weighted by Crippen LogP contribution is -2.32. The third-order valence-corrected chi connectivity index (χ3v) is 5.11. The molecule has 3 rings (SSSR count). The van der Waals surface area contributed by atoms with Gasteiger partial charge in [-0.15, -0.1) is 11.3 Å². The van der Waals surface area contributed by atoms with E-state index < -0.39 is 0 Å². The average Bonchev–Trinajstić information content (AvgIpc) is 3.17. The van der Waals surface area contributed by atoms with Crippen LogP contribution in [0, 0.1) is 5.92 Å². The number of hydrogen-bond donors (Lipinski definition) is 1. The summed E-state index contributed by atoms with van der Waals surface area (Å²) in [4.78, 5) is 29.7. The van der Waals surface area contributed by atoms with Crippen molar-refractivity contribution in [2.24, 2.45) is 11.7 Å². The zero-order valence-corrected chi connectivity index (χ0v) is 13.9. The number of amides is 2. The number of carbonyl (C=O) groups excluding carboxylic acids is 2. The minimum Gasteiger partial charge on any atom is -0.369 e. The molecule has 1 atom stereocenters. The molecule has 1 aromatic carbocycles. The van der Waals surface area contributed by atoms with Crippen molar-refractivity contribution in [2.45, 2.75) is 12.8 Å². The highest BCUT2D eigenvalue weighted by Crippen LogP contribution is 2.26. The minimum atomic E-state index is -0.334. The summed E-state index contributed by atoms with van der Waals surface area (Å²) in [7, 11) is 0. The van der Waals surface area contributed by atoms with Gasteiger partial charge in [0.25, 0.3) is 0 Å². The maximum Gasteiger partial charge on any atom is 0.228 e. The molecule has 2 N–H and O–H groups in total. The first-order valence-electron chi connectivity index (χ1n) is 7.30. The first kappa shape index (κ1) is 16.0. The van der Waals surface area contributed by atoms with Crippen LogP contribution in [0.5, 0.6) is 0 Å². The number of likely N-dealkylation sites (tertiary alicyclic amines) is 1. The second-order valence-corrected chi connectivity index (χ2v) is 6.85. The van der Waals surface area contributed by atoms with E-state index in [0.717, 1.165) is 16.3 Å². The van der Waals surface area contributed by atoms with Crippen molar-refractivity contribution in [2.75, 3.05) is 13.1 Å². The summed E-state index contributed by atoms with van der Waals surface area (Å²) in [6.07, 6.45) is 0.893. The van der Waals surface area contributed by atoms with Crippen LogP contribution < -0.4 is 5.73 Å². The quantitative estimate of drug-likeness (QED) is 0.920. The lowest BCUT2D eigenvalue weighted by molar-refractivity contribution is -0.129. The third kappa shape index (κ3) is 3.71.